The second kappa shape index (κ2) is 8.57. The highest BCUT2D eigenvalue weighted by atomic mass is 16.5. The van der Waals surface area contributed by atoms with E-state index < -0.39 is 5.97 Å². The van der Waals surface area contributed by atoms with Crippen LogP contribution in [0.3, 0.4) is 0 Å². The minimum Gasteiger partial charge on any atom is -0.508 e. The van der Waals surface area contributed by atoms with E-state index in [1.54, 1.807) is 30.0 Å². The molecule has 6 heteroatoms. The van der Waals surface area contributed by atoms with Gasteiger partial charge in [-0.2, -0.15) is 0 Å². The lowest BCUT2D eigenvalue weighted by molar-refractivity contribution is 0.0599. The first-order valence-electron chi connectivity index (χ1n) is 7.15. The van der Waals surface area contributed by atoms with E-state index in [4.69, 9.17) is 10.2 Å². The number of nitrogens with zero attached hydrogens (tertiary/aromatic N) is 1. The average Bonchev–Trinajstić information content (AvgIpc) is 2.54. The summed E-state index contributed by atoms with van der Waals surface area (Å²) in [6.45, 7) is 1.74. The van der Waals surface area contributed by atoms with E-state index >= 15 is 0 Å². The molecule has 2 aromatic carbocycles. The van der Waals surface area contributed by atoms with Crippen LogP contribution in [0.5, 0.6) is 5.75 Å². The number of para-hydroxylation sites is 1. The zero-order valence-electron chi connectivity index (χ0n) is 14.1. The first-order chi connectivity index (χ1) is 11.3. The molecule has 0 saturated heterocycles. The molecule has 0 atom stereocenters. The van der Waals surface area contributed by atoms with Crippen molar-refractivity contribution in [3.8, 4) is 5.75 Å². The Morgan fingerprint density at radius 2 is 1.67 bits per heavy atom. The van der Waals surface area contributed by atoms with Crippen molar-refractivity contribution in [2.45, 2.75) is 6.92 Å². The molecule has 0 aliphatic heterocycles. The van der Waals surface area contributed by atoms with Crippen molar-refractivity contribution in [2.24, 2.45) is 0 Å². The first-order valence-corrected chi connectivity index (χ1v) is 7.15. The Bertz CT molecular complexity index is 725. The van der Waals surface area contributed by atoms with Gasteiger partial charge in [0.25, 0.3) is 0 Å². The quantitative estimate of drug-likeness (QED) is 0.841. The van der Waals surface area contributed by atoms with Crippen molar-refractivity contribution in [3.63, 3.8) is 0 Å². The Balaban J connectivity index is 0.000000240. The van der Waals surface area contributed by atoms with Crippen LogP contribution in [0, 0.1) is 6.92 Å². The molecule has 24 heavy (non-hydrogen) atoms. The molecule has 0 spiro atoms. The molecule has 2 N–H and O–H groups in total. The monoisotopic (exact) mass is 331 g/mol. The number of hydrogen-bond donors (Lipinski definition) is 2. The summed E-state index contributed by atoms with van der Waals surface area (Å²) in [5.74, 6) is -1.12. The summed E-state index contributed by atoms with van der Waals surface area (Å²) < 4.78 is 4.54. The van der Waals surface area contributed by atoms with Crippen LogP contribution in [0.4, 0.5) is 5.69 Å². The molecule has 0 bridgehead atoms. The zero-order chi connectivity index (χ0) is 18.3. The minimum atomic E-state index is -0.890. The van der Waals surface area contributed by atoms with E-state index in [0.29, 0.717) is 16.7 Å². The molecule has 0 aliphatic carbocycles. The molecular weight excluding hydrogens is 310 g/mol. The van der Waals surface area contributed by atoms with E-state index in [1.807, 2.05) is 20.2 Å². The molecule has 0 unspecified atom stereocenters. The van der Waals surface area contributed by atoms with Crippen molar-refractivity contribution >= 4 is 17.6 Å². The number of phenolic OH excluding ortho intramolecular Hbond substituents is 1. The summed E-state index contributed by atoms with van der Waals surface area (Å²) in [7, 11) is 4.97. The van der Waals surface area contributed by atoms with E-state index in [1.165, 1.54) is 25.3 Å². The van der Waals surface area contributed by atoms with Crippen LogP contribution in [-0.4, -0.2) is 43.4 Å². The van der Waals surface area contributed by atoms with Gasteiger partial charge in [0.05, 0.1) is 23.9 Å². The molecule has 0 saturated carbocycles. The van der Waals surface area contributed by atoms with Crippen molar-refractivity contribution in [1.29, 1.82) is 0 Å². The van der Waals surface area contributed by atoms with Gasteiger partial charge in [-0.1, -0.05) is 12.1 Å². The topological polar surface area (TPSA) is 87.1 Å². The highest BCUT2D eigenvalue weighted by Crippen LogP contribution is 2.17. The standard InChI is InChI=1S/C9H11NO2.C9H10O3/c1-10(2)8-6-4-3-5-7(8)9(11)12;1-6-5-7(10)3-4-8(6)9(11)12-2/h3-6H,1-2H3,(H,11,12);3-5,10H,1-2H3. The second-order valence-corrected chi connectivity index (χ2v) is 5.21. The van der Waals surface area contributed by atoms with Gasteiger partial charge in [0, 0.05) is 14.1 Å². The van der Waals surface area contributed by atoms with Crippen molar-refractivity contribution in [3.05, 3.63) is 59.2 Å². The maximum Gasteiger partial charge on any atom is 0.338 e. The number of aryl methyl sites for hydroxylation is 1. The fourth-order valence-corrected chi connectivity index (χ4v) is 2.03. The van der Waals surface area contributed by atoms with Gasteiger partial charge in [-0.05, 0) is 42.8 Å². The summed E-state index contributed by atoms with van der Waals surface area (Å²) in [4.78, 5) is 23.5. The summed E-state index contributed by atoms with van der Waals surface area (Å²) >= 11 is 0. The summed E-state index contributed by atoms with van der Waals surface area (Å²) in [6, 6.07) is 11.4. The van der Waals surface area contributed by atoms with Gasteiger partial charge >= 0.3 is 11.9 Å². The number of benzene rings is 2. The maximum atomic E-state index is 11.0. The fraction of sp³-hybridized carbons (Fsp3) is 0.222. The van der Waals surface area contributed by atoms with Gasteiger partial charge in [0.2, 0.25) is 0 Å². The predicted octanol–water partition coefficient (Wildman–Crippen LogP) is 2.94. The van der Waals surface area contributed by atoms with E-state index in [2.05, 4.69) is 4.74 Å². The average molecular weight is 331 g/mol. The number of ether oxygens (including phenoxy) is 1. The number of phenols is 1. The molecule has 6 nitrogen and oxygen atoms in total. The fourth-order valence-electron chi connectivity index (χ4n) is 2.03. The Morgan fingerprint density at radius 1 is 1.04 bits per heavy atom. The lowest BCUT2D eigenvalue weighted by atomic mass is 10.1. The SMILES string of the molecule is CN(C)c1ccccc1C(=O)O.COC(=O)c1ccc(O)cc1C. The lowest BCUT2D eigenvalue weighted by Crippen LogP contribution is -2.13. The summed E-state index contributed by atoms with van der Waals surface area (Å²) in [5.41, 5.74) is 2.25. The second-order valence-electron chi connectivity index (χ2n) is 5.21. The number of carboxylic acids is 1. The van der Waals surface area contributed by atoms with E-state index in [9.17, 15) is 9.59 Å². The molecule has 0 aromatic heterocycles. The van der Waals surface area contributed by atoms with Crippen LogP contribution < -0.4 is 4.90 Å². The lowest BCUT2D eigenvalue weighted by Gasteiger charge is -2.14. The molecule has 0 fully saturated rings. The number of carbonyl (C=O) groups excluding carboxylic acids is 1. The Morgan fingerprint density at radius 3 is 2.12 bits per heavy atom. The number of methoxy groups -OCH3 is 1. The summed E-state index contributed by atoms with van der Waals surface area (Å²) in [5, 5.41) is 17.8. The normalized spacial score (nSPS) is 9.50. The molecular formula is C18H21NO5. The number of aromatic carboxylic acids is 1. The molecule has 0 heterocycles. The maximum absolute atomic E-state index is 11.0. The van der Waals surface area contributed by atoms with Gasteiger partial charge in [0.1, 0.15) is 5.75 Å². The van der Waals surface area contributed by atoms with Crippen LogP contribution in [0.25, 0.3) is 0 Å². The van der Waals surface area contributed by atoms with Crippen molar-refractivity contribution < 1.29 is 24.5 Å². The number of carboxylic acid groups (broad SMARTS) is 1. The third-order valence-corrected chi connectivity index (χ3v) is 3.23. The molecule has 0 aliphatic rings. The first kappa shape index (κ1) is 19.0. The Kier molecular flexibility index (Phi) is 6.79. The molecule has 0 amide bonds. The molecule has 2 rings (SSSR count). The molecule has 2 aromatic rings. The minimum absolute atomic E-state index is 0.153. The van der Waals surface area contributed by atoms with E-state index in [-0.39, 0.29) is 11.7 Å². The number of esters is 1. The molecule has 0 radical (unpaired) electrons. The smallest absolute Gasteiger partial charge is 0.338 e. The Labute approximate surface area is 140 Å². The number of carbonyl (C=O) groups is 2. The van der Waals surface area contributed by atoms with Crippen LogP contribution >= 0.6 is 0 Å². The van der Waals surface area contributed by atoms with Crippen LogP contribution in [-0.2, 0) is 4.74 Å². The Hall–Kier alpha value is -3.02. The number of aromatic hydroxyl groups is 1. The van der Waals surface area contributed by atoms with Gasteiger partial charge < -0.3 is 19.8 Å². The highest BCUT2D eigenvalue weighted by Gasteiger charge is 2.09. The van der Waals surface area contributed by atoms with Crippen molar-refractivity contribution in [2.75, 3.05) is 26.1 Å². The third kappa shape index (κ3) is 5.01. The van der Waals surface area contributed by atoms with Gasteiger partial charge in [-0.25, -0.2) is 9.59 Å². The number of hydrogen-bond acceptors (Lipinski definition) is 5. The molecule has 128 valence electrons. The van der Waals surface area contributed by atoms with Crippen LogP contribution in [0.1, 0.15) is 26.3 Å². The van der Waals surface area contributed by atoms with E-state index in [0.717, 1.165) is 5.69 Å². The predicted molar refractivity (Wildman–Crippen MR) is 91.9 cm³/mol. The number of anilines is 1. The van der Waals surface area contributed by atoms with Crippen molar-refractivity contribution in [1.82, 2.24) is 0 Å². The zero-order valence-corrected chi connectivity index (χ0v) is 14.1. The summed E-state index contributed by atoms with van der Waals surface area (Å²) in [6.07, 6.45) is 0. The largest absolute Gasteiger partial charge is 0.508 e. The highest BCUT2D eigenvalue weighted by molar-refractivity contribution is 5.94. The third-order valence-electron chi connectivity index (χ3n) is 3.23. The van der Waals surface area contributed by atoms with Gasteiger partial charge in [-0.3, -0.25) is 0 Å². The number of rotatable bonds is 3. The van der Waals surface area contributed by atoms with Crippen LogP contribution in [0.2, 0.25) is 0 Å². The van der Waals surface area contributed by atoms with Gasteiger partial charge in [0.15, 0.2) is 0 Å². The van der Waals surface area contributed by atoms with Crippen LogP contribution in [0.15, 0.2) is 42.5 Å². The van der Waals surface area contributed by atoms with Gasteiger partial charge in [-0.15, -0.1) is 0 Å².